The van der Waals surface area contributed by atoms with E-state index in [9.17, 15) is 0 Å². The van der Waals surface area contributed by atoms with E-state index in [1.807, 2.05) is 30.3 Å². The average Bonchev–Trinajstić information content (AvgIpc) is 3.00. The lowest BCUT2D eigenvalue weighted by atomic mass is 10.1. The smallest absolute Gasteiger partial charge is 0.190 e. The Bertz CT molecular complexity index is 1190. The first-order valence-electron chi connectivity index (χ1n) is 10.8. The van der Waals surface area contributed by atoms with E-state index in [2.05, 4.69) is 50.4 Å². The number of amidine groups is 1. The van der Waals surface area contributed by atoms with Crippen molar-refractivity contribution in [3.05, 3.63) is 71.5 Å². The Kier molecular flexibility index (Phi) is 5.27. The summed E-state index contributed by atoms with van der Waals surface area (Å²) in [5.41, 5.74) is 6.75. The van der Waals surface area contributed by atoms with Crippen LogP contribution >= 0.6 is 0 Å². The second kappa shape index (κ2) is 8.38. The summed E-state index contributed by atoms with van der Waals surface area (Å²) in [4.78, 5) is 2.42. The fourth-order valence-electron chi connectivity index (χ4n) is 4.51. The Morgan fingerprint density at radius 1 is 1.00 bits per heavy atom. The van der Waals surface area contributed by atoms with Gasteiger partial charge in [-0.05, 0) is 60.5 Å². The molecule has 0 spiro atoms. The van der Waals surface area contributed by atoms with E-state index in [4.69, 9.17) is 16.9 Å². The van der Waals surface area contributed by atoms with Gasteiger partial charge in [0.2, 0.25) is 0 Å². The van der Waals surface area contributed by atoms with Crippen molar-refractivity contribution in [1.82, 2.24) is 9.88 Å². The van der Waals surface area contributed by atoms with E-state index in [0.717, 1.165) is 60.7 Å². The molecule has 2 aliphatic rings. The van der Waals surface area contributed by atoms with Crippen molar-refractivity contribution in [2.24, 2.45) is 16.8 Å². The number of hydrazone groups is 1. The number of benzene rings is 2. The molecule has 0 saturated carbocycles. The first kappa shape index (κ1) is 20.1. The molecule has 1 saturated heterocycles. The minimum atomic E-state index is 0.510. The number of rotatable bonds is 2. The quantitative estimate of drug-likeness (QED) is 0.428. The zero-order chi connectivity index (χ0) is 22.1. The number of hydrazine groups is 1. The highest BCUT2D eigenvalue weighted by Gasteiger charge is 2.25. The van der Waals surface area contributed by atoms with Crippen LogP contribution in [0.2, 0.25) is 0 Å². The Morgan fingerprint density at radius 3 is 2.62 bits per heavy atom. The van der Waals surface area contributed by atoms with Crippen molar-refractivity contribution in [3.63, 3.8) is 0 Å². The van der Waals surface area contributed by atoms with Gasteiger partial charge < -0.3 is 20.6 Å². The minimum absolute atomic E-state index is 0.510. The zero-order valence-corrected chi connectivity index (χ0v) is 17.8. The molecule has 32 heavy (non-hydrogen) atoms. The van der Waals surface area contributed by atoms with Crippen LogP contribution in [0, 0.1) is 11.3 Å². The number of aromatic nitrogens is 1. The van der Waals surface area contributed by atoms with Gasteiger partial charge in [0.25, 0.3) is 0 Å². The maximum atomic E-state index is 9.07. The topological polar surface area (TPSA) is 112 Å². The molecule has 1 aromatic heterocycles. The number of nitrogens with two attached hydrogens (primary N) is 2. The molecule has 3 aromatic rings. The SMILES string of the molecule is N#Cc1ccc(-c2cc3n(c2)Cc2cc(N4CCCNCC4)ccc2N(N)/C3=N\N)cc1. The average molecular weight is 427 g/mol. The van der Waals surface area contributed by atoms with Crippen molar-refractivity contribution in [1.29, 1.82) is 5.26 Å². The van der Waals surface area contributed by atoms with Gasteiger partial charge in [-0.1, -0.05) is 12.1 Å². The third kappa shape index (κ3) is 3.58. The van der Waals surface area contributed by atoms with Crippen molar-refractivity contribution < 1.29 is 0 Å². The summed E-state index contributed by atoms with van der Waals surface area (Å²) in [6.45, 7) is 4.72. The summed E-state index contributed by atoms with van der Waals surface area (Å²) in [5.74, 6) is 12.8. The number of hydrogen-bond donors (Lipinski definition) is 3. The molecule has 0 radical (unpaired) electrons. The summed E-state index contributed by atoms with van der Waals surface area (Å²) < 4.78 is 2.14. The molecule has 3 heterocycles. The predicted molar refractivity (Wildman–Crippen MR) is 127 cm³/mol. The first-order valence-corrected chi connectivity index (χ1v) is 10.8. The fraction of sp³-hybridized carbons (Fsp3) is 0.250. The van der Waals surface area contributed by atoms with Crippen molar-refractivity contribution in [2.75, 3.05) is 36.1 Å². The van der Waals surface area contributed by atoms with E-state index in [-0.39, 0.29) is 0 Å². The molecule has 8 nitrogen and oxygen atoms in total. The van der Waals surface area contributed by atoms with Gasteiger partial charge >= 0.3 is 0 Å². The summed E-state index contributed by atoms with van der Waals surface area (Å²) in [6, 6.07) is 18.2. The van der Waals surface area contributed by atoms with E-state index in [1.165, 1.54) is 5.69 Å². The van der Waals surface area contributed by atoms with Crippen LogP contribution in [0.25, 0.3) is 11.1 Å². The van der Waals surface area contributed by atoms with Gasteiger partial charge in [-0.25, -0.2) is 5.84 Å². The molecule has 0 aliphatic carbocycles. The summed E-state index contributed by atoms with van der Waals surface area (Å²) in [5, 5.41) is 18.1. The molecule has 1 fully saturated rings. The highest BCUT2D eigenvalue weighted by atomic mass is 15.5. The van der Waals surface area contributed by atoms with Crippen LogP contribution < -0.4 is 26.9 Å². The van der Waals surface area contributed by atoms with Crippen LogP contribution in [0.1, 0.15) is 23.2 Å². The van der Waals surface area contributed by atoms with Crippen LogP contribution in [-0.2, 0) is 6.54 Å². The number of nitrogens with zero attached hydrogens (tertiary/aromatic N) is 5. The van der Waals surface area contributed by atoms with Crippen LogP contribution in [0.5, 0.6) is 0 Å². The lowest BCUT2D eigenvalue weighted by Crippen LogP contribution is -2.39. The van der Waals surface area contributed by atoms with Crippen LogP contribution in [0.3, 0.4) is 0 Å². The van der Waals surface area contributed by atoms with Gasteiger partial charge in [0, 0.05) is 43.6 Å². The third-order valence-corrected chi connectivity index (χ3v) is 6.19. The number of nitriles is 1. The molecule has 5 rings (SSSR count). The predicted octanol–water partition coefficient (Wildman–Crippen LogP) is 2.19. The van der Waals surface area contributed by atoms with Gasteiger partial charge in [0.15, 0.2) is 5.84 Å². The van der Waals surface area contributed by atoms with E-state index >= 15 is 0 Å². The molecule has 0 bridgehead atoms. The standard InChI is InChI=1S/C24H26N8/c25-14-17-2-4-18(5-3-17)19-13-23-24(29-26)32(27)22-7-6-21(12-20(22)16-31(23)15-19)30-10-1-8-28-9-11-30/h2-7,12-13,15,28H,1,8-11,16,26-27H2/b29-24-. The molecular formula is C24H26N8. The molecule has 0 unspecified atom stereocenters. The van der Waals surface area contributed by atoms with Crippen LogP contribution in [-0.4, -0.2) is 36.6 Å². The largest absolute Gasteiger partial charge is 0.370 e. The van der Waals surface area contributed by atoms with Gasteiger partial charge in [-0.15, -0.1) is 0 Å². The lowest BCUT2D eigenvalue weighted by Gasteiger charge is -2.25. The molecule has 0 atom stereocenters. The van der Waals surface area contributed by atoms with Crippen molar-refractivity contribution >= 4 is 17.2 Å². The monoisotopic (exact) mass is 426 g/mol. The number of fused-ring (bicyclic) bond motifs is 2. The molecule has 162 valence electrons. The Balaban J connectivity index is 1.54. The summed E-state index contributed by atoms with van der Waals surface area (Å²) in [7, 11) is 0. The number of anilines is 2. The molecule has 8 heteroatoms. The summed E-state index contributed by atoms with van der Waals surface area (Å²) >= 11 is 0. The summed E-state index contributed by atoms with van der Waals surface area (Å²) in [6.07, 6.45) is 3.22. The Hall–Kier alpha value is -3.80. The van der Waals surface area contributed by atoms with Crippen molar-refractivity contribution in [3.8, 4) is 17.2 Å². The highest BCUT2D eigenvalue weighted by molar-refractivity contribution is 6.09. The first-order chi connectivity index (χ1) is 15.7. The van der Waals surface area contributed by atoms with Crippen LogP contribution in [0.4, 0.5) is 11.4 Å². The van der Waals surface area contributed by atoms with E-state index in [1.54, 1.807) is 5.01 Å². The maximum absolute atomic E-state index is 9.07. The molecule has 5 N–H and O–H groups in total. The van der Waals surface area contributed by atoms with E-state index in [0.29, 0.717) is 17.9 Å². The minimum Gasteiger partial charge on any atom is -0.370 e. The fourth-order valence-corrected chi connectivity index (χ4v) is 4.51. The lowest BCUT2D eigenvalue weighted by molar-refractivity contribution is 0.724. The zero-order valence-electron chi connectivity index (χ0n) is 17.8. The maximum Gasteiger partial charge on any atom is 0.190 e. The van der Waals surface area contributed by atoms with Crippen LogP contribution in [0.15, 0.2) is 59.8 Å². The molecule has 2 aromatic carbocycles. The highest BCUT2D eigenvalue weighted by Crippen LogP contribution is 2.32. The van der Waals surface area contributed by atoms with Gasteiger partial charge in [0.05, 0.1) is 23.0 Å². The third-order valence-electron chi connectivity index (χ3n) is 6.19. The van der Waals surface area contributed by atoms with E-state index < -0.39 is 0 Å². The van der Waals surface area contributed by atoms with Gasteiger partial charge in [-0.2, -0.15) is 10.4 Å². The Labute approximate surface area is 187 Å². The number of nitrogens with one attached hydrogen (secondary N) is 1. The normalized spacial score (nSPS) is 17.3. The van der Waals surface area contributed by atoms with Crippen molar-refractivity contribution in [2.45, 2.75) is 13.0 Å². The number of hydrogen-bond acceptors (Lipinski definition) is 6. The van der Waals surface area contributed by atoms with Gasteiger partial charge in [-0.3, -0.25) is 5.01 Å². The Morgan fingerprint density at radius 2 is 1.84 bits per heavy atom. The molecular weight excluding hydrogens is 400 g/mol. The van der Waals surface area contributed by atoms with Gasteiger partial charge in [0.1, 0.15) is 0 Å². The second-order valence-electron chi connectivity index (χ2n) is 8.16. The second-order valence-corrected chi connectivity index (χ2v) is 8.16. The molecule has 0 amide bonds. The molecule has 2 aliphatic heterocycles.